The summed E-state index contributed by atoms with van der Waals surface area (Å²) in [4.78, 5) is 10.5. The van der Waals surface area contributed by atoms with E-state index in [0.717, 1.165) is 30.8 Å². The maximum absolute atomic E-state index is 12.0. The number of hydrogen-bond donors (Lipinski definition) is 2. The second-order valence-electron chi connectivity index (χ2n) is 7.29. The molecule has 3 N–H and O–H groups in total. The van der Waals surface area contributed by atoms with Gasteiger partial charge in [-0.05, 0) is 53.9 Å². The Hall–Kier alpha value is -2.68. The second-order valence-corrected chi connectivity index (χ2v) is 9.71. The third kappa shape index (κ3) is 4.40. The molecule has 0 amide bonds. The number of nitrogens with one attached hydrogen (secondary N) is 1. The average molecular weight is 444 g/mol. The molecule has 1 aliphatic heterocycles. The van der Waals surface area contributed by atoms with Gasteiger partial charge in [-0.1, -0.05) is 29.8 Å². The predicted molar refractivity (Wildman–Crippen MR) is 119 cm³/mol. The van der Waals surface area contributed by atoms with E-state index in [9.17, 15) is 8.42 Å². The van der Waals surface area contributed by atoms with E-state index >= 15 is 0 Å². The molecular formula is C21H22ClN5O2S. The van der Waals surface area contributed by atoms with Crippen LogP contribution in [0.2, 0.25) is 5.02 Å². The molecule has 4 rings (SSSR count). The lowest BCUT2D eigenvalue weighted by Gasteiger charge is -2.27. The molecule has 156 valence electrons. The van der Waals surface area contributed by atoms with E-state index in [1.807, 2.05) is 17.0 Å². The zero-order valence-electron chi connectivity index (χ0n) is 16.5. The molecule has 3 aromatic rings. The van der Waals surface area contributed by atoms with E-state index in [1.165, 1.54) is 23.6 Å². The number of anilines is 3. The number of nitrogen functional groups attached to an aromatic ring is 1. The molecule has 0 fully saturated rings. The molecule has 0 atom stereocenters. The van der Waals surface area contributed by atoms with Gasteiger partial charge in [-0.15, -0.1) is 0 Å². The van der Waals surface area contributed by atoms with Gasteiger partial charge in [0.05, 0.1) is 11.1 Å². The van der Waals surface area contributed by atoms with Crippen LogP contribution in [0.4, 0.5) is 17.5 Å². The number of nitrogens with two attached hydrogens (primary N) is 1. The van der Waals surface area contributed by atoms with Gasteiger partial charge in [0, 0.05) is 25.0 Å². The van der Waals surface area contributed by atoms with Crippen LogP contribution in [0.15, 0.2) is 53.6 Å². The third-order valence-electron chi connectivity index (χ3n) is 5.06. The molecule has 30 heavy (non-hydrogen) atoms. The zero-order chi connectivity index (χ0) is 21.3. The van der Waals surface area contributed by atoms with Crippen LogP contribution in [0.3, 0.4) is 0 Å². The van der Waals surface area contributed by atoms with Crippen molar-refractivity contribution in [3.8, 4) is 0 Å². The highest BCUT2D eigenvalue weighted by Crippen LogP contribution is 2.33. The first-order valence-corrected chi connectivity index (χ1v) is 11.8. The monoisotopic (exact) mass is 443 g/mol. The number of rotatable bonds is 5. The van der Waals surface area contributed by atoms with Gasteiger partial charge in [0.2, 0.25) is 5.95 Å². The van der Waals surface area contributed by atoms with E-state index in [1.54, 1.807) is 18.2 Å². The average Bonchev–Trinajstić information content (AvgIpc) is 2.73. The molecule has 0 radical (unpaired) electrons. The highest BCUT2D eigenvalue weighted by Gasteiger charge is 2.19. The number of sulfone groups is 1. The first-order valence-electron chi connectivity index (χ1n) is 9.48. The summed E-state index contributed by atoms with van der Waals surface area (Å²) < 4.78 is 24.0. The minimum absolute atomic E-state index is 0.117. The minimum atomic E-state index is -3.31. The number of nitrogens with zero attached hydrogens (tertiary/aromatic N) is 3. The van der Waals surface area contributed by atoms with Crippen LogP contribution in [0.1, 0.15) is 16.7 Å². The quantitative estimate of drug-likeness (QED) is 0.624. The molecule has 0 saturated carbocycles. The second kappa shape index (κ2) is 8.22. The number of hydrogen-bond acceptors (Lipinski definition) is 7. The van der Waals surface area contributed by atoms with E-state index < -0.39 is 9.84 Å². The van der Waals surface area contributed by atoms with E-state index in [0.29, 0.717) is 17.4 Å². The Kier molecular flexibility index (Phi) is 5.64. The normalized spacial score (nSPS) is 13.7. The molecule has 1 aromatic heterocycles. The summed E-state index contributed by atoms with van der Waals surface area (Å²) in [7, 11) is -3.31. The lowest BCUT2D eigenvalue weighted by atomic mass is 10.00. The summed E-state index contributed by atoms with van der Waals surface area (Å²) in [5.74, 6) is 0.592. The number of fused-ring (bicyclic) bond motifs is 1. The highest BCUT2D eigenvalue weighted by atomic mass is 35.5. The van der Waals surface area contributed by atoms with Crippen molar-refractivity contribution in [1.29, 1.82) is 0 Å². The molecular weight excluding hydrogens is 422 g/mol. The molecule has 9 heteroatoms. The summed E-state index contributed by atoms with van der Waals surface area (Å²) in [5, 5.41) is 3.73. The molecule has 0 aliphatic carbocycles. The Morgan fingerprint density at radius 2 is 2.03 bits per heavy atom. The lowest BCUT2D eigenvalue weighted by molar-refractivity contribution is 0.601. The van der Waals surface area contributed by atoms with Crippen LogP contribution in [-0.2, 0) is 29.3 Å². The smallest absolute Gasteiger partial charge is 0.222 e. The SMILES string of the molecule is CS(=O)(=O)c1cccc(CN(c2ccc3c(c2)CCNC3)c2nc(N)ncc2Cl)c1. The molecule has 0 saturated heterocycles. The van der Waals surface area contributed by atoms with Crippen molar-refractivity contribution < 1.29 is 8.42 Å². The molecule has 0 bridgehead atoms. The minimum Gasteiger partial charge on any atom is -0.368 e. The van der Waals surface area contributed by atoms with Crippen molar-refractivity contribution in [3.63, 3.8) is 0 Å². The van der Waals surface area contributed by atoms with Gasteiger partial charge in [-0.3, -0.25) is 0 Å². The van der Waals surface area contributed by atoms with Gasteiger partial charge in [-0.25, -0.2) is 13.4 Å². The molecule has 2 aromatic carbocycles. The van der Waals surface area contributed by atoms with Crippen LogP contribution in [0.5, 0.6) is 0 Å². The van der Waals surface area contributed by atoms with Gasteiger partial charge in [0.15, 0.2) is 15.7 Å². The Balaban J connectivity index is 1.80. The summed E-state index contributed by atoms with van der Waals surface area (Å²) in [6.07, 6.45) is 3.60. The fourth-order valence-electron chi connectivity index (χ4n) is 3.54. The first kappa shape index (κ1) is 20.6. The van der Waals surface area contributed by atoms with E-state index in [-0.39, 0.29) is 10.8 Å². The van der Waals surface area contributed by atoms with E-state index in [4.69, 9.17) is 17.3 Å². The van der Waals surface area contributed by atoms with Gasteiger partial charge in [0.1, 0.15) is 5.02 Å². The first-order chi connectivity index (χ1) is 14.3. The van der Waals surface area contributed by atoms with Gasteiger partial charge < -0.3 is 16.0 Å². The summed E-state index contributed by atoms with van der Waals surface area (Å²) in [5.41, 5.74) is 10.1. The van der Waals surface area contributed by atoms with Crippen molar-refractivity contribution in [3.05, 3.63) is 70.4 Å². The Morgan fingerprint density at radius 3 is 2.83 bits per heavy atom. The predicted octanol–water partition coefficient (Wildman–Crippen LogP) is 3.10. The van der Waals surface area contributed by atoms with Crippen molar-refractivity contribution in [1.82, 2.24) is 15.3 Å². The molecule has 1 aliphatic rings. The van der Waals surface area contributed by atoms with Crippen LogP contribution < -0.4 is 16.0 Å². The topological polar surface area (TPSA) is 101 Å². The highest BCUT2D eigenvalue weighted by molar-refractivity contribution is 7.90. The Bertz CT molecular complexity index is 1200. The van der Waals surface area contributed by atoms with Crippen LogP contribution in [0.25, 0.3) is 0 Å². The molecule has 0 unspecified atom stereocenters. The largest absolute Gasteiger partial charge is 0.368 e. The maximum atomic E-state index is 12.0. The number of halogens is 1. The van der Waals surface area contributed by atoms with Gasteiger partial charge >= 0.3 is 0 Å². The van der Waals surface area contributed by atoms with Crippen LogP contribution in [0, 0.1) is 0 Å². The standard InChI is InChI=1S/C21H22ClN5O2S/c1-30(28,29)18-4-2-3-14(9-18)13-27(20-19(22)12-25-21(23)26-20)17-6-5-16-11-24-8-7-15(16)10-17/h2-6,9-10,12,24H,7-8,11,13H2,1H3,(H2,23,25,26). The molecule has 7 nitrogen and oxygen atoms in total. The van der Waals surface area contributed by atoms with Crippen molar-refractivity contribution >= 4 is 38.9 Å². The number of aromatic nitrogens is 2. The summed E-state index contributed by atoms with van der Waals surface area (Å²) >= 11 is 6.43. The number of benzene rings is 2. The van der Waals surface area contributed by atoms with Crippen LogP contribution in [-0.4, -0.2) is 31.2 Å². The maximum Gasteiger partial charge on any atom is 0.222 e. The summed E-state index contributed by atoms with van der Waals surface area (Å²) in [6, 6.07) is 13.1. The lowest BCUT2D eigenvalue weighted by Crippen LogP contribution is -2.24. The van der Waals surface area contributed by atoms with E-state index in [2.05, 4.69) is 27.4 Å². The molecule has 0 spiro atoms. The summed E-state index contributed by atoms with van der Waals surface area (Å²) in [6.45, 7) is 2.14. The van der Waals surface area contributed by atoms with Gasteiger partial charge in [-0.2, -0.15) is 4.98 Å². The third-order valence-corrected chi connectivity index (χ3v) is 6.43. The van der Waals surface area contributed by atoms with Crippen molar-refractivity contribution in [2.75, 3.05) is 23.4 Å². The van der Waals surface area contributed by atoms with Crippen molar-refractivity contribution in [2.24, 2.45) is 0 Å². The fourth-order valence-corrected chi connectivity index (χ4v) is 4.42. The zero-order valence-corrected chi connectivity index (χ0v) is 18.0. The van der Waals surface area contributed by atoms with Crippen molar-refractivity contribution in [2.45, 2.75) is 24.4 Å². The molecule has 2 heterocycles. The Labute approximate surface area is 180 Å². The Morgan fingerprint density at radius 1 is 1.20 bits per heavy atom. The fraction of sp³-hybridized carbons (Fsp3) is 0.238. The van der Waals surface area contributed by atoms with Crippen LogP contribution >= 0.6 is 11.6 Å². The van der Waals surface area contributed by atoms with Gasteiger partial charge in [0.25, 0.3) is 0 Å².